The van der Waals surface area contributed by atoms with E-state index in [-0.39, 0.29) is 12.1 Å². The van der Waals surface area contributed by atoms with Crippen LogP contribution in [0.5, 0.6) is 0 Å². The number of ether oxygens (including phenoxy) is 1. The lowest BCUT2D eigenvalue weighted by molar-refractivity contribution is -0.137. The highest BCUT2D eigenvalue weighted by Gasteiger charge is 2.28. The summed E-state index contributed by atoms with van der Waals surface area (Å²) in [4.78, 5) is 19.2. The minimum absolute atomic E-state index is 0.151. The van der Waals surface area contributed by atoms with Gasteiger partial charge < -0.3 is 20.5 Å². The molecule has 0 aliphatic carbocycles. The molecule has 0 aromatic carbocycles. The van der Waals surface area contributed by atoms with Crippen LogP contribution in [0.4, 0.5) is 11.6 Å². The second-order valence-electron chi connectivity index (χ2n) is 5.97. The minimum atomic E-state index is -0.923. The van der Waals surface area contributed by atoms with Crippen molar-refractivity contribution in [3.63, 3.8) is 0 Å². The molecule has 2 rings (SSSR count). The highest BCUT2D eigenvalue weighted by atomic mass is 16.5. The van der Waals surface area contributed by atoms with Gasteiger partial charge in [-0.15, -0.1) is 0 Å². The Labute approximate surface area is 130 Å². The molecule has 0 bridgehead atoms. The minimum Gasteiger partial charge on any atom is -0.480 e. The zero-order valence-corrected chi connectivity index (χ0v) is 13.2. The number of rotatable bonds is 6. The van der Waals surface area contributed by atoms with E-state index < -0.39 is 12.0 Å². The van der Waals surface area contributed by atoms with Crippen molar-refractivity contribution < 1.29 is 14.6 Å². The van der Waals surface area contributed by atoms with Crippen LogP contribution in [0.1, 0.15) is 33.6 Å². The third-order valence-electron chi connectivity index (χ3n) is 3.76. The van der Waals surface area contributed by atoms with Gasteiger partial charge in [0, 0.05) is 12.7 Å². The van der Waals surface area contributed by atoms with Crippen molar-refractivity contribution in [2.75, 3.05) is 17.2 Å². The molecule has 22 heavy (non-hydrogen) atoms. The van der Waals surface area contributed by atoms with Crippen LogP contribution in [-0.2, 0) is 9.53 Å². The molecule has 122 valence electrons. The largest absolute Gasteiger partial charge is 0.480 e. The highest BCUT2D eigenvalue weighted by molar-refractivity contribution is 5.76. The van der Waals surface area contributed by atoms with E-state index >= 15 is 0 Å². The lowest BCUT2D eigenvalue weighted by Crippen LogP contribution is -2.43. The predicted molar refractivity (Wildman–Crippen MR) is 84.0 cm³/mol. The zero-order valence-electron chi connectivity index (χ0n) is 13.2. The summed E-state index contributed by atoms with van der Waals surface area (Å²) in [5.41, 5.74) is 0. The summed E-state index contributed by atoms with van der Waals surface area (Å²) in [5.74, 6) is 0.666. The number of carboxylic acid groups (broad SMARTS) is 1. The molecule has 7 nitrogen and oxygen atoms in total. The van der Waals surface area contributed by atoms with Crippen molar-refractivity contribution in [2.45, 2.75) is 51.8 Å². The molecule has 0 radical (unpaired) electrons. The highest BCUT2D eigenvalue weighted by Crippen LogP contribution is 2.23. The summed E-state index contributed by atoms with van der Waals surface area (Å²) in [7, 11) is 0. The lowest BCUT2D eigenvalue weighted by Gasteiger charge is -2.35. The summed E-state index contributed by atoms with van der Waals surface area (Å²) in [6.07, 6.45) is 3.62. The SMILES string of the molecule is CC(Nc1cc(NC2CCCOC2C(C)C)ncn1)C(=O)O. The molecule has 1 aliphatic heterocycles. The van der Waals surface area contributed by atoms with Gasteiger partial charge in [-0.25, -0.2) is 9.97 Å². The van der Waals surface area contributed by atoms with Crippen LogP contribution >= 0.6 is 0 Å². The number of aromatic nitrogens is 2. The normalized spacial score (nSPS) is 23.1. The first-order valence-electron chi connectivity index (χ1n) is 7.67. The van der Waals surface area contributed by atoms with Gasteiger partial charge in [-0.05, 0) is 25.7 Å². The van der Waals surface area contributed by atoms with Crippen molar-refractivity contribution in [1.29, 1.82) is 0 Å². The molecule has 0 amide bonds. The zero-order chi connectivity index (χ0) is 16.1. The Morgan fingerprint density at radius 2 is 2.09 bits per heavy atom. The Morgan fingerprint density at radius 3 is 2.77 bits per heavy atom. The molecular formula is C15H24N4O3. The Balaban J connectivity index is 2.04. The van der Waals surface area contributed by atoms with Gasteiger partial charge in [0.15, 0.2) is 0 Å². The molecule has 1 saturated heterocycles. The Hall–Kier alpha value is -1.89. The maximum Gasteiger partial charge on any atom is 0.325 e. The first kappa shape index (κ1) is 16.5. The van der Waals surface area contributed by atoms with Gasteiger partial charge in [-0.1, -0.05) is 13.8 Å². The van der Waals surface area contributed by atoms with Gasteiger partial charge in [0.1, 0.15) is 24.0 Å². The number of hydrogen-bond acceptors (Lipinski definition) is 6. The van der Waals surface area contributed by atoms with Crippen molar-refractivity contribution in [3.8, 4) is 0 Å². The van der Waals surface area contributed by atoms with Crippen LogP contribution in [0.15, 0.2) is 12.4 Å². The van der Waals surface area contributed by atoms with Crippen molar-refractivity contribution in [3.05, 3.63) is 12.4 Å². The predicted octanol–water partition coefficient (Wildman–Crippen LogP) is 1.98. The molecule has 7 heteroatoms. The summed E-state index contributed by atoms with van der Waals surface area (Å²) in [6, 6.07) is 1.23. The Morgan fingerprint density at radius 1 is 1.36 bits per heavy atom. The average molecular weight is 308 g/mol. The summed E-state index contributed by atoms with van der Waals surface area (Å²) >= 11 is 0. The van der Waals surface area contributed by atoms with E-state index in [0.717, 1.165) is 19.4 Å². The number of nitrogens with zero attached hydrogens (tertiary/aromatic N) is 2. The van der Waals surface area contributed by atoms with Crippen LogP contribution in [0.25, 0.3) is 0 Å². The number of carboxylic acids is 1. The fraction of sp³-hybridized carbons (Fsp3) is 0.667. The first-order chi connectivity index (χ1) is 10.5. The van der Waals surface area contributed by atoms with E-state index in [9.17, 15) is 4.79 Å². The molecule has 3 atom stereocenters. The van der Waals surface area contributed by atoms with Crippen LogP contribution in [0, 0.1) is 5.92 Å². The van der Waals surface area contributed by atoms with Gasteiger partial charge in [-0.2, -0.15) is 0 Å². The number of aliphatic carboxylic acids is 1. The van der Waals surface area contributed by atoms with E-state index in [0.29, 0.717) is 17.6 Å². The summed E-state index contributed by atoms with van der Waals surface area (Å²) < 4.78 is 5.85. The van der Waals surface area contributed by atoms with Crippen LogP contribution in [-0.4, -0.2) is 45.8 Å². The fourth-order valence-corrected chi connectivity index (χ4v) is 2.60. The third kappa shape index (κ3) is 4.30. The monoisotopic (exact) mass is 308 g/mol. The smallest absolute Gasteiger partial charge is 0.325 e. The summed E-state index contributed by atoms with van der Waals surface area (Å²) in [6.45, 7) is 6.66. The van der Waals surface area contributed by atoms with E-state index in [1.807, 2.05) is 0 Å². The molecule has 2 heterocycles. The quantitative estimate of drug-likeness (QED) is 0.739. The van der Waals surface area contributed by atoms with Gasteiger partial charge in [0.2, 0.25) is 0 Å². The Bertz CT molecular complexity index is 509. The number of nitrogens with one attached hydrogen (secondary N) is 2. The standard InChI is InChI=1S/C15H24N4O3/c1-9(2)14-11(5-4-6-22-14)19-13-7-12(16-8-17-13)18-10(3)15(20)21/h7-11,14H,4-6H2,1-3H3,(H,20,21)(H2,16,17,18,19). The van der Waals surface area contributed by atoms with E-state index in [1.165, 1.54) is 6.33 Å². The Kier molecular flexibility index (Phi) is 5.54. The molecule has 1 aliphatic rings. The van der Waals surface area contributed by atoms with E-state index in [1.54, 1.807) is 13.0 Å². The van der Waals surface area contributed by atoms with Crippen molar-refractivity contribution >= 4 is 17.6 Å². The van der Waals surface area contributed by atoms with Crippen molar-refractivity contribution in [2.24, 2.45) is 5.92 Å². The van der Waals surface area contributed by atoms with Crippen LogP contribution in [0.2, 0.25) is 0 Å². The van der Waals surface area contributed by atoms with Crippen LogP contribution < -0.4 is 10.6 Å². The number of anilines is 2. The van der Waals surface area contributed by atoms with Gasteiger partial charge in [-0.3, -0.25) is 4.79 Å². The number of carbonyl (C=O) groups is 1. The average Bonchev–Trinajstić information content (AvgIpc) is 2.47. The van der Waals surface area contributed by atoms with Crippen molar-refractivity contribution in [1.82, 2.24) is 9.97 Å². The molecular weight excluding hydrogens is 284 g/mol. The maximum absolute atomic E-state index is 10.9. The molecule has 0 saturated carbocycles. The second-order valence-corrected chi connectivity index (χ2v) is 5.97. The number of hydrogen-bond donors (Lipinski definition) is 3. The lowest BCUT2D eigenvalue weighted by atomic mass is 9.94. The third-order valence-corrected chi connectivity index (χ3v) is 3.76. The molecule has 1 aromatic rings. The molecule has 3 unspecified atom stereocenters. The first-order valence-corrected chi connectivity index (χ1v) is 7.67. The molecule has 0 spiro atoms. The summed E-state index contributed by atoms with van der Waals surface area (Å²) in [5, 5.41) is 15.2. The topological polar surface area (TPSA) is 96.4 Å². The molecule has 3 N–H and O–H groups in total. The van der Waals surface area contributed by atoms with Gasteiger partial charge in [0.25, 0.3) is 0 Å². The van der Waals surface area contributed by atoms with E-state index in [4.69, 9.17) is 9.84 Å². The maximum atomic E-state index is 10.9. The van der Waals surface area contributed by atoms with Gasteiger partial charge in [0.05, 0.1) is 12.1 Å². The van der Waals surface area contributed by atoms with E-state index in [2.05, 4.69) is 34.4 Å². The second kappa shape index (κ2) is 7.40. The van der Waals surface area contributed by atoms with Crippen LogP contribution in [0.3, 0.4) is 0 Å². The molecule has 1 fully saturated rings. The molecule has 1 aromatic heterocycles. The van der Waals surface area contributed by atoms with Gasteiger partial charge >= 0.3 is 5.97 Å². The fourth-order valence-electron chi connectivity index (χ4n) is 2.60.